The number of fused-ring (bicyclic) bond motifs is 1. The maximum absolute atomic E-state index is 6.07. The molecule has 3 rings (SSSR count). The van der Waals surface area contributed by atoms with Crippen LogP contribution in [-0.2, 0) is 25.9 Å². The Labute approximate surface area is 116 Å². The minimum absolute atomic E-state index is 0.530. The second-order valence-corrected chi connectivity index (χ2v) is 5.95. The number of anilines is 1. The Morgan fingerprint density at radius 3 is 3.11 bits per heavy atom. The van der Waals surface area contributed by atoms with Crippen LogP contribution in [0, 0.1) is 6.92 Å². The highest BCUT2D eigenvalue weighted by Crippen LogP contribution is 2.31. The lowest BCUT2D eigenvalue weighted by atomic mass is 10.1. The van der Waals surface area contributed by atoms with E-state index in [1.165, 1.54) is 16.3 Å². The summed E-state index contributed by atoms with van der Waals surface area (Å²) in [7, 11) is 2.00. The minimum atomic E-state index is 0.530. The summed E-state index contributed by atoms with van der Waals surface area (Å²) in [5.41, 5.74) is 3.65. The Balaban J connectivity index is 1.97. The van der Waals surface area contributed by atoms with Gasteiger partial charge in [0.1, 0.15) is 5.82 Å². The number of hydrogen-bond donors (Lipinski definition) is 0. The highest BCUT2D eigenvalue weighted by molar-refractivity contribution is 7.10. The third-order valence-electron chi connectivity index (χ3n) is 3.55. The Bertz CT molecular complexity index is 573. The molecule has 0 fully saturated rings. The number of aromatic nitrogens is 2. The first-order valence-electron chi connectivity index (χ1n) is 6.09. The lowest BCUT2D eigenvalue weighted by Gasteiger charge is -2.29. The molecule has 0 atom stereocenters. The molecule has 0 radical (unpaired) electrons. The first-order chi connectivity index (χ1) is 8.70. The van der Waals surface area contributed by atoms with Crippen molar-refractivity contribution < 1.29 is 0 Å². The third kappa shape index (κ3) is 1.84. The summed E-state index contributed by atoms with van der Waals surface area (Å²) < 4.78 is 1.96. The predicted octanol–water partition coefficient (Wildman–Crippen LogP) is 3.09. The normalized spacial score (nSPS) is 14.9. The van der Waals surface area contributed by atoms with E-state index >= 15 is 0 Å². The molecule has 0 aromatic carbocycles. The molecule has 18 heavy (non-hydrogen) atoms. The zero-order valence-corrected chi connectivity index (χ0v) is 12.2. The zero-order chi connectivity index (χ0) is 12.7. The van der Waals surface area contributed by atoms with Crippen molar-refractivity contribution in [2.45, 2.75) is 25.8 Å². The van der Waals surface area contributed by atoms with Crippen molar-refractivity contribution in [3.05, 3.63) is 33.1 Å². The van der Waals surface area contributed by atoms with Crippen molar-refractivity contribution in [3.63, 3.8) is 0 Å². The van der Waals surface area contributed by atoms with Crippen LogP contribution < -0.4 is 4.90 Å². The van der Waals surface area contributed by atoms with Crippen LogP contribution in [0.25, 0.3) is 0 Å². The molecule has 96 valence electrons. The molecule has 2 aromatic heterocycles. The Hall–Kier alpha value is -1.00. The molecule has 0 saturated carbocycles. The number of aryl methyl sites for hydroxylation is 2. The molecule has 3 heterocycles. The number of nitrogens with zero attached hydrogens (tertiary/aromatic N) is 3. The first kappa shape index (κ1) is 12.1. The van der Waals surface area contributed by atoms with Gasteiger partial charge in [0.15, 0.2) is 0 Å². The summed E-state index contributed by atoms with van der Waals surface area (Å²) in [6, 6.07) is 2.23. The quantitative estimate of drug-likeness (QED) is 0.789. The molecule has 5 heteroatoms. The van der Waals surface area contributed by atoms with Gasteiger partial charge in [-0.05, 0) is 30.4 Å². The maximum Gasteiger partial charge on any atom is 0.131 e. The molecule has 3 nitrogen and oxygen atoms in total. The molecule has 0 N–H and O–H groups in total. The topological polar surface area (TPSA) is 21.1 Å². The van der Waals surface area contributed by atoms with Gasteiger partial charge in [-0.3, -0.25) is 4.68 Å². The molecule has 0 unspecified atom stereocenters. The fourth-order valence-electron chi connectivity index (χ4n) is 2.67. The van der Waals surface area contributed by atoms with Gasteiger partial charge in [-0.15, -0.1) is 22.9 Å². The van der Waals surface area contributed by atoms with E-state index in [2.05, 4.69) is 21.4 Å². The van der Waals surface area contributed by atoms with Gasteiger partial charge in [-0.25, -0.2) is 0 Å². The largest absolute Gasteiger partial charge is 0.352 e. The monoisotopic (exact) mass is 281 g/mol. The Morgan fingerprint density at radius 2 is 2.33 bits per heavy atom. The van der Waals surface area contributed by atoms with E-state index in [-0.39, 0.29) is 0 Å². The van der Waals surface area contributed by atoms with E-state index in [0.717, 1.165) is 30.8 Å². The van der Waals surface area contributed by atoms with Crippen molar-refractivity contribution in [2.24, 2.45) is 7.05 Å². The standard InChI is InChI=1S/C13H16ClN3S/c1-9-11(7-14)13(16(2)15-9)17-5-3-12-10(8-17)4-6-18-12/h4,6H,3,5,7-8H2,1-2H3. The lowest BCUT2D eigenvalue weighted by Crippen LogP contribution is -2.31. The Morgan fingerprint density at radius 1 is 1.50 bits per heavy atom. The number of thiophene rings is 1. The van der Waals surface area contributed by atoms with Crippen LogP contribution in [0.2, 0.25) is 0 Å². The van der Waals surface area contributed by atoms with Crippen LogP contribution in [-0.4, -0.2) is 16.3 Å². The highest BCUT2D eigenvalue weighted by atomic mass is 35.5. The summed E-state index contributed by atoms with van der Waals surface area (Å²) in [4.78, 5) is 3.92. The van der Waals surface area contributed by atoms with Crippen LogP contribution in [0.1, 0.15) is 21.7 Å². The van der Waals surface area contributed by atoms with Crippen LogP contribution >= 0.6 is 22.9 Å². The van der Waals surface area contributed by atoms with E-state index < -0.39 is 0 Å². The molecule has 0 spiro atoms. The number of rotatable bonds is 2. The van der Waals surface area contributed by atoms with Crippen LogP contribution in [0.15, 0.2) is 11.4 Å². The van der Waals surface area contributed by atoms with Crippen molar-refractivity contribution in [1.29, 1.82) is 0 Å². The first-order valence-corrected chi connectivity index (χ1v) is 7.50. The summed E-state index contributed by atoms with van der Waals surface area (Å²) in [5.74, 6) is 1.71. The Kier molecular flexibility index (Phi) is 3.08. The second kappa shape index (κ2) is 4.59. The number of halogens is 1. The van der Waals surface area contributed by atoms with Gasteiger partial charge in [0.05, 0.1) is 11.6 Å². The maximum atomic E-state index is 6.07. The fourth-order valence-corrected chi connectivity index (χ4v) is 3.87. The van der Waals surface area contributed by atoms with Gasteiger partial charge in [0.25, 0.3) is 0 Å². The van der Waals surface area contributed by atoms with Crippen molar-refractivity contribution >= 4 is 28.8 Å². The van der Waals surface area contributed by atoms with Crippen LogP contribution in [0.3, 0.4) is 0 Å². The molecule has 2 aromatic rings. The molecule has 1 aliphatic heterocycles. The van der Waals surface area contributed by atoms with E-state index in [9.17, 15) is 0 Å². The smallest absolute Gasteiger partial charge is 0.131 e. The number of hydrogen-bond acceptors (Lipinski definition) is 3. The average molecular weight is 282 g/mol. The van der Waals surface area contributed by atoms with E-state index in [1.807, 2.05) is 30.0 Å². The van der Waals surface area contributed by atoms with E-state index in [1.54, 1.807) is 0 Å². The van der Waals surface area contributed by atoms with Crippen molar-refractivity contribution in [3.8, 4) is 0 Å². The SMILES string of the molecule is Cc1nn(C)c(N2CCc3sccc3C2)c1CCl. The molecule has 0 amide bonds. The van der Waals surface area contributed by atoms with Crippen molar-refractivity contribution in [2.75, 3.05) is 11.4 Å². The third-order valence-corrected chi connectivity index (χ3v) is 4.84. The number of alkyl halides is 1. The molecular weight excluding hydrogens is 266 g/mol. The summed E-state index contributed by atoms with van der Waals surface area (Å²) in [6.07, 6.45) is 1.12. The highest BCUT2D eigenvalue weighted by Gasteiger charge is 2.23. The van der Waals surface area contributed by atoms with Gasteiger partial charge in [0, 0.05) is 30.6 Å². The van der Waals surface area contributed by atoms with Crippen LogP contribution in [0.5, 0.6) is 0 Å². The van der Waals surface area contributed by atoms with E-state index in [0.29, 0.717) is 5.88 Å². The van der Waals surface area contributed by atoms with Gasteiger partial charge in [-0.2, -0.15) is 5.10 Å². The van der Waals surface area contributed by atoms with Gasteiger partial charge in [-0.1, -0.05) is 0 Å². The molecule has 0 saturated heterocycles. The minimum Gasteiger partial charge on any atom is -0.352 e. The fraction of sp³-hybridized carbons (Fsp3) is 0.462. The van der Waals surface area contributed by atoms with Gasteiger partial charge < -0.3 is 4.90 Å². The van der Waals surface area contributed by atoms with Gasteiger partial charge >= 0.3 is 0 Å². The van der Waals surface area contributed by atoms with Crippen molar-refractivity contribution in [1.82, 2.24) is 9.78 Å². The molecular formula is C13H16ClN3S. The summed E-state index contributed by atoms with van der Waals surface area (Å²) >= 11 is 7.94. The molecule has 0 bridgehead atoms. The molecule has 1 aliphatic rings. The predicted molar refractivity (Wildman–Crippen MR) is 76.6 cm³/mol. The molecule has 0 aliphatic carbocycles. The van der Waals surface area contributed by atoms with Gasteiger partial charge in [0.2, 0.25) is 0 Å². The van der Waals surface area contributed by atoms with Crippen LogP contribution in [0.4, 0.5) is 5.82 Å². The average Bonchev–Trinajstić information content (AvgIpc) is 2.91. The van der Waals surface area contributed by atoms with E-state index in [4.69, 9.17) is 11.6 Å². The summed E-state index contributed by atoms with van der Waals surface area (Å²) in [5, 5.41) is 6.68. The zero-order valence-electron chi connectivity index (χ0n) is 10.6. The summed E-state index contributed by atoms with van der Waals surface area (Å²) in [6.45, 7) is 4.05. The lowest BCUT2D eigenvalue weighted by molar-refractivity contribution is 0.672. The second-order valence-electron chi connectivity index (χ2n) is 4.69.